The van der Waals surface area contributed by atoms with Crippen LogP contribution in [0.25, 0.3) is 0 Å². The van der Waals surface area contributed by atoms with Crippen LogP contribution in [0.15, 0.2) is 0 Å². The van der Waals surface area contributed by atoms with Crippen molar-refractivity contribution in [2.45, 2.75) is 98.3 Å². The molecule has 4 aliphatic carbocycles. The summed E-state index contributed by atoms with van der Waals surface area (Å²) in [7, 11) is 0. The summed E-state index contributed by atoms with van der Waals surface area (Å²) >= 11 is 0. The molecule has 9 atom stereocenters. The maximum absolute atomic E-state index is 12.6. The monoisotopic (exact) mass is 386 g/mol. The van der Waals surface area contributed by atoms with E-state index in [2.05, 4.69) is 27.7 Å². The summed E-state index contributed by atoms with van der Waals surface area (Å²) < 4.78 is 0. The fourth-order valence-corrected chi connectivity index (χ4v) is 9.21. The Morgan fingerprint density at radius 2 is 1.82 bits per heavy atom. The predicted octanol–water partition coefficient (Wildman–Crippen LogP) is 6.47. The third-order valence-electron chi connectivity index (χ3n) is 10.5. The second-order valence-corrected chi connectivity index (χ2v) is 11.6. The number of carbonyl (C=O) groups excluding carboxylic acids is 2. The Labute approximate surface area is 172 Å². The van der Waals surface area contributed by atoms with E-state index in [1.165, 1.54) is 51.4 Å². The summed E-state index contributed by atoms with van der Waals surface area (Å²) in [4.78, 5) is 23.8. The summed E-state index contributed by atoms with van der Waals surface area (Å²) in [6.45, 7) is 10.0. The molecule has 0 aromatic carbocycles. The topological polar surface area (TPSA) is 34.1 Å². The molecule has 2 nitrogen and oxygen atoms in total. The van der Waals surface area contributed by atoms with E-state index in [0.29, 0.717) is 29.0 Å². The van der Waals surface area contributed by atoms with Crippen molar-refractivity contribution in [1.82, 2.24) is 0 Å². The number of ketones is 1. The van der Waals surface area contributed by atoms with Gasteiger partial charge in [-0.3, -0.25) is 4.79 Å². The van der Waals surface area contributed by atoms with Gasteiger partial charge in [0.25, 0.3) is 0 Å². The summed E-state index contributed by atoms with van der Waals surface area (Å²) in [5, 5.41) is 0. The molecule has 0 aromatic heterocycles. The fourth-order valence-electron chi connectivity index (χ4n) is 9.21. The minimum Gasteiger partial charge on any atom is -0.303 e. The first kappa shape index (κ1) is 20.6. The number of fused-ring (bicyclic) bond motifs is 5. The highest BCUT2D eigenvalue weighted by Crippen LogP contribution is 2.68. The zero-order valence-electron chi connectivity index (χ0n) is 18.7. The van der Waals surface area contributed by atoms with E-state index < -0.39 is 0 Å². The highest BCUT2D eigenvalue weighted by Gasteiger charge is 2.61. The van der Waals surface area contributed by atoms with Crippen LogP contribution in [0.5, 0.6) is 0 Å². The van der Waals surface area contributed by atoms with Gasteiger partial charge in [0.1, 0.15) is 12.1 Å². The smallest absolute Gasteiger partial charge is 0.136 e. The van der Waals surface area contributed by atoms with Gasteiger partial charge in [-0.1, -0.05) is 40.5 Å². The van der Waals surface area contributed by atoms with Crippen molar-refractivity contribution in [3.8, 4) is 0 Å². The van der Waals surface area contributed by atoms with Gasteiger partial charge >= 0.3 is 0 Å². The first-order chi connectivity index (χ1) is 13.3. The summed E-state index contributed by atoms with van der Waals surface area (Å²) in [5.41, 5.74) is 0.838. The first-order valence-corrected chi connectivity index (χ1v) is 12.3. The molecule has 0 N–H and O–H groups in total. The van der Waals surface area contributed by atoms with Crippen molar-refractivity contribution in [2.75, 3.05) is 0 Å². The van der Waals surface area contributed by atoms with Gasteiger partial charge in [0.05, 0.1) is 0 Å². The van der Waals surface area contributed by atoms with Gasteiger partial charge in [-0.05, 0) is 91.3 Å². The third-order valence-corrected chi connectivity index (χ3v) is 10.5. The Balaban J connectivity index is 1.57. The van der Waals surface area contributed by atoms with Crippen LogP contribution in [-0.4, -0.2) is 12.1 Å². The van der Waals surface area contributed by atoms with Crippen molar-refractivity contribution in [1.29, 1.82) is 0 Å². The second-order valence-electron chi connectivity index (χ2n) is 11.6. The lowest BCUT2D eigenvalue weighted by atomic mass is 9.43. The van der Waals surface area contributed by atoms with Crippen LogP contribution in [0.1, 0.15) is 98.3 Å². The lowest BCUT2D eigenvalue weighted by Crippen LogP contribution is -2.55. The number of rotatable bonds is 5. The third kappa shape index (κ3) is 3.03. The van der Waals surface area contributed by atoms with E-state index in [4.69, 9.17) is 0 Å². The van der Waals surface area contributed by atoms with E-state index in [1.54, 1.807) is 0 Å². The molecular weight excluding hydrogens is 344 g/mol. The van der Waals surface area contributed by atoms with Gasteiger partial charge in [-0.2, -0.15) is 0 Å². The molecule has 0 unspecified atom stereocenters. The van der Waals surface area contributed by atoms with Crippen LogP contribution in [0.4, 0.5) is 0 Å². The molecule has 0 heterocycles. The standard InChI is InChI=1S/C26H42O2/c1-5-6-17(2)21-9-10-22-20-8-7-19-15-24(28)18(12-14-27)16-26(19,4)23(20)11-13-25(21,22)3/h14,17-23H,5-13,15-16H2,1-4H3/t17-,18-,19+,20+,21-,22+,23+,25-,26+/m1/s1. The molecule has 4 fully saturated rings. The van der Waals surface area contributed by atoms with Crippen molar-refractivity contribution in [3.05, 3.63) is 0 Å². The summed E-state index contributed by atoms with van der Waals surface area (Å²) in [6, 6.07) is 0. The lowest BCUT2D eigenvalue weighted by molar-refractivity contribution is -0.149. The molecular formula is C26H42O2. The van der Waals surface area contributed by atoms with Gasteiger partial charge in [-0.15, -0.1) is 0 Å². The normalized spacial score (nSPS) is 49.1. The number of hydrogen-bond donors (Lipinski definition) is 0. The molecule has 0 amide bonds. The van der Waals surface area contributed by atoms with Gasteiger partial charge in [-0.25, -0.2) is 0 Å². The van der Waals surface area contributed by atoms with E-state index in [-0.39, 0.29) is 5.92 Å². The predicted molar refractivity (Wildman–Crippen MR) is 114 cm³/mol. The molecule has 2 heteroatoms. The Kier molecular flexibility index (Phi) is 5.55. The average Bonchev–Trinajstić information content (AvgIpc) is 3.00. The summed E-state index contributed by atoms with van der Waals surface area (Å²) in [6.07, 6.45) is 14.1. The molecule has 0 spiro atoms. The molecule has 4 saturated carbocycles. The van der Waals surface area contributed by atoms with E-state index in [9.17, 15) is 9.59 Å². The Morgan fingerprint density at radius 3 is 2.54 bits per heavy atom. The van der Waals surface area contributed by atoms with Gasteiger partial charge in [0, 0.05) is 18.8 Å². The number of aldehydes is 1. The fraction of sp³-hybridized carbons (Fsp3) is 0.923. The molecule has 0 bridgehead atoms. The van der Waals surface area contributed by atoms with Crippen LogP contribution in [0, 0.1) is 52.3 Å². The number of hydrogen-bond acceptors (Lipinski definition) is 2. The molecule has 0 aliphatic heterocycles. The molecule has 4 rings (SSSR count). The van der Waals surface area contributed by atoms with E-state index >= 15 is 0 Å². The Hall–Kier alpha value is -0.660. The number of carbonyl (C=O) groups is 2. The van der Waals surface area contributed by atoms with E-state index in [0.717, 1.165) is 48.7 Å². The Bertz CT molecular complexity index is 612. The lowest BCUT2D eigenvalue weighted by Gasteiger charge is -2.61. The van der Waals surface area contributed by atoms with Crippen molar-refractivity contribution in [3.63, 3.8) is 0 Å². The van der Waals surface area contributed by atoms with Gasteiger partial charge < -0.3 is 4.79 Å². The molecule has 4 aliphatic rings. The average molecular weight is 387 g/mol. The second kappa shape index (κ2) is 7.55. The minimum absolute atomic E-state index is 0.00622. The van der Waals surface area contributed by atoms with Crippen LogP contribution < -0.4 is 0 Å². The first-order valence-electron chi connectivity index (χ1n) is 12.3. The van der Waals surface area contributed by atoms with E-state index in [1.807, 2.05) is 0 Å². The van der Waals surface area contributed by atoms with Crippen LogP contribution >= 0.6 is 0 Å². The molecule has 0 saturated heterocycles. The van der Waals surface area contributed by atoms with Crippen LogP contribution in [-0.2, 0) is 9.59 Å². The highest BCUT2D eigenvalue weighted by molar-refractivity contribution is 5.84. The minimum atomic E-state index is 0.00622. The quantitative estimate of drug-likeness (QED) is 0.508. The van der Waals surface area contributed by atoms with Gasteiger partial charge in [0.2, 0.25) is 0 Å². The SMILES string of the molecule is CCC[C@@H](C)[C@H]1CC[C@H]2[C@@H]3CC[C@H]4CC(=O)[C@H](CC=O)C[C@]4(C)[C@H]3CC[C@]12C. The van der Waals surface area contributed by atoms with Gasteiger partial charge in [0.15, 0.2) is 0 Å². The van der Waals surface area contributed by atoms with Crippen molar-refractivity contribution >= 4 is 12.1 Å². The molecule has 0 radical (unpaired) electrons. The van der Waals surface area contributed by atoms with Crippen LogP contribution in [0.2, 0.25) is 0 Å². The number of Topliss-reactive ketones (excluding diaryl/α,β-unsaturated/α-hetero) is 1. The van der Waals surface area contributed by atoms with Crippen molar-refractivity contribution < 1.29 is 9.59 Å². The maximum Gasteiger partial charge on any atom is 0.136 e. The maximum atomic E-state index is 12.6. The largest absolute Gasteiger partial charge is 0.303 e. The summed E-state index contributed by atoms with van der Waals surface area (Å²) in [5.74, 6) is 5.29. The van der Waals surface area contributed by atoms with Crippen LogP contribution in [0.3, 0.4) is 0 Å². The zero-order chi connectivity index (χ0) is 20.1. The zero-order valence-corrected chi connectivity index (χ0v) is 18.7. The highest BCUT2D eigenvalue weighted by atomic mass is 16.1. The molecule has 0 aromatic rings. The molecule has 158 valence electrons. The Morgan fingerprint density at radius 1 is 1.07 bits per heavy atom. The molecule has 28 heavy (non-hydrogen) atoms. The van der Waals surface area contributed by atoms with Crippen molar-refractivity contribution in [2.24, 2.45) is 52.3 Å².